The van der Waals surface area contributed by atoms with Gasteiger partial charge in [0.2, 0.25) is 11.7 Å². The number of hydrogen-bond acceptors (Lipinski definition) is 7. The summed E-state index contributed by atoms with van der Waals surface area (Å²) in [6, 6.07) is 9.11. The summed E-state index contributed by atoms with van der Waals surface area (Å²) in [6.45, 7) is 0.732. The van der Waals surface area contributed by atoms with Gasteiger partial charge in [-0.1, -0.05) is 17.3 Å². The second-order valence-electron chi connectivity index (χ2n) is 6.69. The van der Waals surface area contributed by atoms with Crippen molar-refractivity contribution in [2.24, 2.45) is 0 Å². The van der Waals surface area contributed by atoms with E-state index in [0.717, 1.165) is 4.68 Å². The van der Waals surface area contributed by atoms with E-state index in [4.69, 9.17) is 9.26 Å². The molecule has 3 heterocycles. The minimum Gasteiger partial charge on any atom is -0.385 e. The number of halogens is 1. The van der Waals surface area contributed by atoms with E-state index in [1.807, 2.05) is 0 Å². The third-order valence-corrected chi connectivity index (χ3v) is 4.49. The van der Waals surface area contributed by atoms with E-state index >= 15 is 0 Å². The van der Waals surface area contributed by atoms with Crippen molar-refractivity contribution in [2.75, 3.05) is 20.3 Å². The standard InChI is InChI=1S/C20H19FN6O4/c1-30-10-4-8-22-16(28)12-27-20(29)26-9-3-7-15(18(26)24-27)19-23-17(25-31-19)13-5-2-6-14(21)11-13/h2-3,5-7,9,11H,4,8,10,12H2,1H3,(H,22,28). The summed E-state index contributed by atoms with van der Waals surface area (Å²) in [5.41, 5.74) is 0.645. The Morgan fingerprint density at radius 2 is 2.16 bits per heavy atom. The van der Waals surface area contributed by atoms with E-state index < -0.39 is 11.5 Å². The molecule has 0 unspecified atom stereocenters. The van der Waals surface area contributed by atoms with Gasteiger partial charge in [0.1, 0.15) is 12.4 Å². The molecular formula is C20H19FN6O4. The van der Waals surface area contributed by atoms with Crippen LogP contribution in [0.15, 0.2) is 51.9 Å². The molecule has 0 atom stereocenters. The van der Waals surface area contributed by atoms with Crippen LogP contribution < -0.4 is 11.0 Å². The molecule has 0 aliphatic rings. The smallest absolute Gasteiger partial charge is 0.350 e. The Hall–Kier alpha value is -3.86. The molecule has 10 nitrogen and oxygen atoms in total. The van der Waals surface area contributed by atoms with Crippen molar-refractivity contribution in [1.82, 2.24) is 29.6 Å². The first-order chi connectivity index (χ1) is 15.1. The highest BCUT2D eigenvalue weighted by atomic mass is 19.1. The number of carbonyl (C=O) groups excluding carboxylic acids is 1. The summed E-state index contributed by atoms with van der Waals surface area (Å²) in [5.74, 6) is -0.439. The first-order valence-electron chi connectivity index (χ1n) is 9.50. The summed E-state index contributed by atoms with van der Waals surface area (Å²) < 4.78 is 26.1. The van der Waals surface area contributed by atoms with Crippen molar-refractivity contribution >= 4 is 11.6 Å². The zero-order chi connectivity index (χ0) is 21.8. The molecule has 0 radical (unpaired) electrons. The zero-order valence-corrected chi connectivity index (χ0v) is 16.6. The number of hydrogen-bond donors (Lipinski definition) is 1. The second kappa shape index (κ2) is 8.88. The summed E-state index contributed by atoms with van der Waals surface area (Å²) in [7, 11) is 1.58. The van der Waals surface area contributed by atoms with Gasteiger partial charge in [-0.3, -0.25) is 4.79 Å². The summed E-state index contributed by atoms with van der Waals surface area (Å²) in [4.78, 5) is 29.1. The molecule has 31 heavy (non-hydrogen) atoms. The van der Waals surface area contributed by atoms with E-state index in [9.17, 15) is 14.0 Å². The van der Waals surface area contributed by atoms with Crippen molar-refractivity contribution in [1.29, 1.82) is 0 Å². The molecule has 0 spiro atoms. The predicted molar refractivity (Wildman–Crippen MR) is 108 cm³/mol. The first kappa shape index (κ1) is 20.4. The highest BCUT2D eigenvalue weighted by Gasteiger charge is 2.18. The maximum atomic E-state index is 13.5. The second-order valence-corrected chi connectivity index (χ2v) is 6.69. The van der Waals surface area contributed by atoms with Crippen molar-refractivity contribution in [3.05, 3.63) is 58.9 Å². The molecule has 0 aliphatic heterocycles. The van der Waals surface area contributed by atoms with Gasteiger partial charge < -0.3 is 14.6 Å². The third-order valence-electron chi connectivity index (χ3n) is 4.49. The lowest BCUT2D eigenvalue weighted by molar-refractivity contribution is -0.121. The van der Waals surface area contributed by atoms with E-state index in [2.05, 4.69) is 20.6 Å². The number of benzene rings is 1. The van der Waals surface area contributed by atoms with E-state index in [1.54, 1.807) is 31.4 Å². The van der Waals surface area contributed by atoms with Gasteiger partial charge in [-0.15, -0.1) is 5.10 Å². The van der Waals surface area contributed by atoms with Crippen LogP contribution in [0.5, 0.6) is 0 Å². The van der Waals surface area contributed by atoms with Crippen LogP contribution in [0.3, 0.4) is 0 Å². The van der Waals surface area contributed by atoms with Crippen LogP contribution in [0.2, 0.25) is 0 Å². The topological polar surface area (TPSA) is 117 Å². The molecule has 0 bridgehead atoms. The van der Waals surface area contributed by atoms with Gasteiger partial charge in [-0.05, 0) is 30.7 Å². The lowest BCUT2D eigenvalue weighted by Crippen LogP contribution is -2.33. The fraction of sp³-hybridized carbons (Fsp3) is 0.250. The van der Waals surface area contributed by atoms with Crippen LogP contribution in [0.1, 0.15) is 6.42 Å². The Labute approximate surface area is 175 Å². The zero-order valence-electron chi connectivity index (χ0n) is 16.6. The number of nitrogens with one attached hydrogen (secondary N) is 1. The van der Waals surface area contributed by atoms with Crippen LogP contribution in [-0.4, -0.2) is 50.5 Å². The molecule has 1 amide bonds. The quantitative estimate of drug-likeness (QED) is 0.425. The van der Waals surface area contributed by atoms with Gasteiger partial charge in [0, 0.05) is 32.0 Å². The van der Waals surface area contributed by atoms with Crippen LogP contribution in [0, 0.1) is 5.82 Å². The molecular weight excluding hydrogens is 407 g/mol. The van der Waals surface area contributed by atoms with Crippen LogP contribution >= 0.6 is 0 Å². The Balaban J connectivity index is 1.61. The number of pyridine rings is 1. The number of fused-ring (bicyclic) bond motifs is 1. The van der Waals surface area contributed by atoms with Crippen LogP contribution in [-0.2, 0) is 16.1 Å². The molecule has 11 heteroatoms. The van der Waals surface area contributed by atoms with Crippen LogP contribution in [0.25, 0.3) is 28.5 Å². The van der Waals surface area contributed by atoms with Gasteiger partial charge in [-0.25, -0.2) is 18.3 Å². The summed E-state index contributed by atoms with van der Waals surface area (Å²) in [5, 5.41) is 10.9. The predicted octanol–water partition coefficient (Wildman–Crippen LogP) is 1.50. The molecule has 1 aromatic carbocycles. The largest absolute Gasteiger partial charge is 0.385 e. The molecule has 1 N–H and O–H groups in total. The maximum absolute atomic E-state index is 13.5. The monoisotopic (exact) mass is 426 g/mol. The minimum absolute atomic E-state index is 0.117. The minimum atomic E-state index is -0.478. The van der Waals surface area contributed by atoms with Gasteiger partial charge >= 0.3 is 5.69 Å². The van der Waals surface area contributed by atoms with E-state index in [0.29, 0.717) is 30.7 Å². The highest BCUT2D eigenvalue weighted by molar-refractivity contribution is 5.76. The highest BCUT2D eigenvalue weighted by Crippen LogP contribution is 2.24. The Bertz CT molecular complexity index is 1280. The number of nitrogens with zero attached hydrogens (tertiary/aromatic N) is 5. The molecule has 4 aromatic rings. The van der Waals surface area contributed by atoms with Crippen molar-refractivity contribution < 1.29 is 18.4 Å². The molecule has 160 valence electrons. The number of methoxy groups -OCH3 is 1. The van der Waals surface area contributed by atoms with Crippen molar-refractivity contribution in [3.8, 4) is 22.8 Å². The van der Waals surface area contributed by atoms with E-state index in [-0.39, 0.29) is 29.8 Å². The lowest BCUT2D eigenvalue weighted by atomic mass is 10.2. The normalized spacial score (nSPS) is 11.2. The number of rotatable bonds is 8. The summed E-state index contributed by atoms with van der Waals surface area (Å²) >= 11 is 0. The van der Waals surface area contributed by atoms with Crippen molar-refractivity contribution in [2.45, 2.75) is 13.0 Å². The molecule has 3 aromatic heterocycles. The number of amides is 1. The maximum Gasteiger partial charge on any atom is 0.350 e. The van der Waals surface area contributed by atoms with Gasteiger partial charge in [-0.2, -0.15) is 4.98 Å². The molecule has 0 saturated heterocycles. The fourth-order valence-corrected chi connectivity index (χ4v) is 3.02. The third kappa shape index (κ3) is 4.36. The number of carbonyl (C=O) groups is 1. The number of ether oxygens (including phenoxy) is 1. The van der Waals surface area contributed by atoms with Crippen molar-refractivity contribution in [3.63, 3.8) is 0 Å². The first-order valence-corrected chi connectivity index (χ1v) is 9.50. The molecule has 0 fully saturated rings. The van der Waals surface area contributed by atoms with Gasteiger partial charge in [0.05, 0.1) is 5.56 Å². The average Bonchev–Trinajstić information content (AvgIpc) is 3.37. The molecule has 0 aliphatic carbocycles. The molecule has 4 rings (SSSR count). The van der Waals surface area contributed by atoms with Crippen LogP contribution in [0.4, 0.5) is 4.39 Å². The SMILES string of the molecule is COCCCNC(=O)Cn1nc2c(-c3nc(-c4cccc(F)c4)no3)cccn2c1=O. The number of aromatic nitrogens is 5. The lowest BCUT2D eigenvalue weighted by Gasteiger charge is -2.03. The fourth-order valence-electron chi connectivity index (χ4n) is 3.02. The Morgan fingerprint density at radius 1 is 1.29 bits per heavy atom. The summed E-state index contributed by atoms with van der Waals surface area (Å²) in [6.07, 6.45) is 2.20. The van der Waals surface area contributed by atoms with Gasteiger partial charge in [0.25, 0.3) is 5.89 Å². The average molecular weight is 426 g/mol. The van der Waals surface area contributed by atoms with E-state index in [1.165, 1.54) is 22.7 Å². The Kier molecular flexibility index (Phi) is 5.85. The molecule has 0 saturated carbocycles. The van der Waals surface area contributed by atoms with Gasteiger partial charge in [0.15, 0.2) is 5.65 Å². The Morgan fingerprint density at radius 3 is 2.97 bits per heavy atom.